The van der Waals surface area contributed by atoms with Gasteiger partial charge < -0.3 is 15.0 Å². The Labute approximate surface area is 197 Å². The van der Waals surface area contributed by atoms with Crippen molar-refractivity contribution in [3.05, 3.63) is 45.0 Å². The van der Waals surface area contributed by atoms with E-state index in [1.807, 2.05) is 18.2 Å². The van der Waals surface area contributed by atoms with Crippen LogP contribution in [0, 0.1) is 0 Å². The van der Waals surface area contributed by atoms with E-state index in [1.54, 1.807) is 6.20 Å². The van der Waals surface area contributed by atoms with Crippen molar-refractivity contribution in [3.8, 4) is 5.88 Å². The van der Waals surface area contributed by atoms with Gasteiger partial charge in [0.05, 0.1) is 28.0 Å². The summed E-state index contributed by atoms with van der Waals surface area (Å²) >= 11 is 18.9. The first-order valence-corrected chi connectivity index (χ1v) is 11.7. The molecule has 1 amide bonds. The van der Waals surface area contributed by atoms with Gasteiger partial charge in [0.15, 0.2) is 0 Å². The first kappa shape index (κ1) is 22.5. The summed E-state index contributed by atoms with van der Waals surface area (Å²) in [5.41, 5.74) is 2.60. The molecule has 0 unspecified atom stereocenters. The number of hydrogen-bond acceptors (Lipinski definition) is 5. The molecule has 1 aromatic carbocycles. The molecular weight excluding hydrogens is 459 g/mol. The zero-order chi connectivity index (χ0) is 21.8. The Balaban J connectivity index is 1.18. The molecule has 0 bridgehead atoms. The predicted octanol–water partition coefficient (Wildman–Crippen LogP) is 4.91. The number of rotatable bonds is 7. The lowest BCUT2D eigenvalue weighted by Gasteiger charge is -2.36. The van der Waals surface area contributed by atoms with E-state index < -0.39 is 0 Å². The van der Waals surface area contributed by atoms with Crippen LogP contribution in [-0.2, 0) is 11.2 Å². The van der Waals surface area contributed by atoms with Gasteiger partial charge in [-0.15, -0.1) is 0 Å². The number of nitrogens with one attached hydrogen (secondary N) is 1. The van der Waals surface area contributed by atoms with E-state index in [0.717, 1.165) is 56.8 Å². The molecule has 0 spiro atoms. The number of aryl methyl sites for hydroxylation is 1. The van der Waals surface area contributed by atoms with Crippen molar-refractivity contribution in [2.75, 3.05) is 49.5 Å². The zero-order valence-corrected chi connectivity index (χ0v) is 19.4. The molecule has 4 rings (SSSR count). The Bertz CT molecular complexity index is 949. The highest BCUT2D eigenvalue weighted by Gasteiger charge is 2.22. The molecule has 2 aromatic rings. The van der Waals surface area contributed by atoms with Crippen LogP contribution in [-0.4, -0.2) is 55.1 Å². The maximum atomic E-state index is 11.6. The molecule has 0 aliphatic carbocycles. The number of piperazine rings is 1. The molecule has 0 radical (unpaired) electrons. The van der Waals surface area contributed by atoms with Crippen molar-refractivity contribution in [2.24, 2.45) is 0 Å². The summed E-state index contributed by atoms with van der Waals surface area (Å²) in [5.74, 6) is 0.360. The number of carbonyl (C=O) groups is 1. The van der Waals surface area contributed by atoms with E-state index in [2.05, 4.69) is 20.1 Å². The zero-order valence-electron chi connectivity index (χ0n) is 17.2. The second kappa shape index (κ2) is 10.3. The lowest BCUT2D eigenvalue weighted by molar-refractivity contribution is -0.116. The van der Waals surface area contributed by atoms with Crippen molar-refractivity contribution in [2.45, 2.75) is 25.7 Å². The number of halogens is 3. The number of hydrogen-bond donors (Lipinski definition) is 1. The lowest BCUT2D eigenvalue weighted by Crippen LogP contribution is -2.46. The summed E-state index contributed by atoms with van der Waals surface area (Å²) in [4.78, 5) is 20.7. The number of unbranched alkanes of at least 4 members (excludes halogenated alkanes) is 1. The Morgan fingerprint density at radius 3 is 2.65 bits per heavy atom. The molecule has 1 aromatic heterocycles. The number of ether oxygens (including phenoxy) is 1. The number of anilines is 2. The first-order chi connectivity index (χ1) is 15.0. The van der Waals surface area contributed by atoms with Gasteiger partial charge in [0.1, 0.15) is 5.02 Å². The number of nitrogens with zero attached hydrogens (tertiary/aromatic N) is 3. The fourth-order valence-electron chi connectivity index (χ4n) is 3.94. The lowest BCUT2D eigenvalue weighted by atomic mass is 10.1. The molecule has 0 atom stereocenters. The number of aromatic nitrogens is 1. The molecule has 1 fully saturated rings. The van der Waals surface area contributed by atoms with Crippen molar-refractivity contribution in [3.63, 3.8) is 0 Å². The average Bonchev–Trinajstić information content (AvgIpc) is 2.78. The molecular formula is C22H25Cl3N4O2. The minimum absolute atomic E-state index is 0.0238. The van der Waals surface area contributed by atoms with Gasteiger partial charge in [-0.2, -0.15) is 0 Å². The molecule has 166 valence electrons. The summed E-state index contributed by atoms with van der Waals surface area (Å²) in [6.07, 6.45) is 4.79. The van der Waals surface area contributed by atoms with Gasteiger partial charge in [0.25, 0.3) is 0 Å². The Morgan fingerprint density at radius 2 is 1.84 bits per heavy atom. The van der Waals surface area contributed by atoms with Gasteiger partial charge in [-0.05, 0) is 43.5 Å². The van der Waals surface area contributed by atoms with Crippen LogP contribution in [0.2, 0.25) is 15.1 Å². The van der Waals surface area contributed by atoms with Crippen LogP contribution in [0.3, 0.4) is 0 Å². The molecule has 2 aliphatic rings. The molecule has 3 heterocycles. The van der Waals surface area contributed by atoms with E-state index in [-0.39, 0.29) is 5.91 Å². The number of carbonyl (C=O) groups excluding carboxylic acids is 1. The third kappa shape index (κ3) is 5.37. The highest BCUT2D eigenvalue weighted by Crippen LogP contribution is 2.36. The van der Waals surface area contributed by atoms with Crippen LogP contribution in [0.4, 0.5) is 11.4 Å². The second-order valence-corrected chi connectivity index (χ2v) is 8.95. The standard InChI is InChI=1S/C22H25Cl3N4O2/c23-16-4-3-5-17(19(16)24)29-11-9-28(10-12-29)8-1-2-13-31-22-20(25)21-15(14-26-22)6-7-18(30)27-21/h3-5,14H,1-2,6-13H2,(H,27,30). The fourth-order valence-corrected chi connectivity index (χ4v) is 4.62. The van der Waals surface area contributed by atoms with E-state index in [4.69, 9.17) is 39.5 Å². The number of fused-ring (bicyclic) bond motifs is 1. The number of pyridine rings is 1. The summed E-state index contributed by atoms with van der Waals surface area (Å²) in [7, 11) is 0. The van der Waals surface area contributed by atoms with Gasteiger partial charge in [0, 0.05) is 38.8 Å². The molecule has 2 aliphatic heterocycles. The second-order valence-electron chi connectivity index (χ2n) is 7.78. The van der Waals surface area contributed by atoms with E-state index in [9.17, 15) is 4.79 Å². The third-order valence-corrected chi connectivity index (χ3v) is 6.86. The van der Waals surface area contributed by atoms with Crippen molar-refractivity contribution in [1.29, 1.82) is 0 Å². The van der Waals surface area contributed by atoms with Crippen molar-refractivity contribution >= 4 is 52.1 Å². The quantitative estimate of drug-likeness (QED) is 0.567. The highest BCUT2D eigenvalue weighted by atomic mass is 35.5. The Morgan fingerprint density at radius 1 is 1.03 bits per heavy atom. The fraction of sp³-hybridized carbons (Fsp3) is 0.455. The average molecular weight is 484 g/mol. The van der Waals surface area contributed by atoms with Crippen molar-refractivity contribution in [1.82, 2.24) is 9.88 Å². The summed E-state index contributed by atoms with van der Waals surface area (Å²) in [5, 5.41) is 4.43. The van der Waals surface area contributed by atoms with Gasteiger partial charge in [-0.1, -0.05) is 40.9 Å². The maximum absolute atomic E-state index is 11.6. The van der Waals surface area contributed by atoms with Crippen LogP contribution in [0.25, 0.3) is 0 Å². The van der Waals surface area contributed by atoms with Crippen molar-refractivity contribution < 1.29 is 9.53 Å². The van der Waals surface area contributed by atoms with E-state index in [0.29, 0.717) is 46.1 Å². The van der Waals surface area contributed by atoms with Gasteiger partial charge >= 0.3 is 0 Å². The normalized spacial score (nSPS) is 16.7. The van der Waals surface area contributed by atoms with Crippen LogP contribution < -0.4 is 15.0 Å². The first-order valence-electron chi connectivity index (χ1n) is 10.5. The van der Waals surface area contributed by atoms with Crippen LogP contribution >= 0.6 is 34.8 Å². The maximum Gasteiger partial charge on any atom is 0.234 e. The largest absolute Gasteiger partial charge is 0.477 e. The molecule has 1 saturated heterocycles. The molecule has 1 N–H and O–H groups in total. The minimum atomic E-state index is -0.0238. The van der Waals surface area contributed by atoms with E-state index >= 15 is 0 Å². The summed E-state index contributed by atoms with van der Waals surface area (Å²) in [6, 6.07) is 5.77. The van der Waals surface area contributed by atoms with E-state index in [1.165, 1.54) is 0 Å². The van der Waals surface area contributed by atoms with Crippen LogP contribution in [0.15, 0.2) is 24.4 Å². The third-order valence-electron chi connectivity index (χ3n) is 5.70. The van der Waals surface area contributed by atoms with Gasteiger partial charge in [-0.25, -0.2) is 4.98 Å². The van der Waals surface area contributed by atoms with Gasteiger partial charge in [0.2, 0.25) is 11.8 Å². The summed E-state index contributed by atoms with van der Waals surface area (Å²) < 4.78 is 5.78. The molecule has 31 heavy (non-hydrogen) atoms. The van der Waals surface area contributed by atoms with Gasteiger partial charge in [-0.3, -0.25) is 9.69 Å². The number of benzene rings is 1. The summed E-state index contributed by atoms with van der Waals surface area (Å²) in [6.45, 7) is 5.39. The Hall–Kier alpha value is -1.73. The Kier molecular flexibility index (Phi) is 7.43. The highest BCUT2D eigenvalue weighted by molar-refractivity contribution is 6.43. The van der Waals surface area contributed by atoms with Crippen LogP contribution in [0.5, 0.6) is 5.88 Å². The van der Waals surface area contributed by atoms with Crippen LogP contribution in [0.1, 0.15) is 24.8 Å². The molecule has 6 nitrogen and oxygen atoms in total. The monoisotopic (exact) mass is 482 g/mol. The predicted molar refractivity (Wildman–Crippen MR) is 126 cm³/mol. The molecule has 0 saturated carbocycles. The smallest absolute Gasteiger partial charge is 0.234 e. The number of amides is 1. The minimum Gasteiger partial charge on any atom is -0.477 e. The molecule has 9 heteroatoms. The SMILES string of the molecule is O=C1CCc2cnc(OCCCCN3CCN(c4cccc(Cl)c4Cl)CC3)c(Cl)c2N1. The topological polar surface area (TPSA) is 57.7 Å².